The molecule has 0 N–H and O–H groups in total. The van der Waals surface area contributed by atoms with Crippen molar-refractivity contribution in [2.75, 3.05) is 29.4 Å². The number of amides is 2. The van der Waals surface area contributed by atoms with E-state index < -0.39 is 0 Å². The summed E-state index contributed by atoms with van der Waals surface area (Å²) in [6, 6.07) is 6.05. The molecule has 1 unspecified atom stereocenters. The molecule has 0 aromatic carbocycles. The minimum absolute atomic E-state index is 0.000423. The number of aryl methyl sites for hydroxylation is 1. The van der Waals surface area contributed by atoms with E-state index in [4.69, 9.17) is 0 Å². The zero-order valence-corrected chi connectivity index (χ0v) is 20.1. The maximum Gasteiger partial charge on any atom is 0.272 e. The highest BCUT2D eigenvalue weighted by atomic mass is 16.2. The summed E-state index contributed by atoms with van der Waals surface area (Å²) in [5.74, 6) is 1.24. The van der Waals surface area contributed by atoms with Crippen molar-refractivity contribution >= 4 is 23.3 Å². The van der Waals surface area contributed by atoms with Gasteiger partial charge in [0.05, 0.1) is 11.4 Å². The Bertz CT molecular complexity index is 1000. The maximum atomic E-state index is 13.2. The van der Waals surface area contributed by atoms with Gasteiger partial charge in [-0.2, -0.15) is 0 Å². The first-order chi connectivity index (χ1) is 15.9. The third-order valence-electron chi connectivity index (χ3n) is 6.93. The molecule has 0 radical (unpaired) electrons. The molecule has 0 bridgehead atoms. The molecule has 2 amide bonds. The average molecular weight is 451 g/mol. The second-order valence-corrected chi connectivity index (χ2v) is 9.43. The molecule has 1 atom stereocenters. The number of rotatable bonds is 5. The number of nitrogens with zero attached hydrogens (tertiary/aromatic N) is 6. The van der Waals surface area contributed by atoms with E-state index in [2.05, 4.69) is 33.7 Å². The van der Waals surface area contributed by atoms with Crippen LogP contribution in [0.25, 0.3) is 0 Å². The van der Waals surface area contributed by atoms with Gasteiger partial charge in [0.25, 0.3) is 5.91 Å². The largest absolute Gasteiger partial charge is 0.356 e. The molecule has 0 spiro atoms. The number of carbonyl (C=O) groups is 2. The molecule has 8 heteroatoms. The lowest BCUT2D eigenvalue weighted by atomic mass is 10.0. The van der Waals surface area contributed by atoms with Crippen LogP contribution in [-0.2, 0) is 4.79 Å². The van der Waals surface area contributed by atoms with Gasteiger partial charge in [-0.25, -0.2) is 9.97 Å². The summed E-state index contributed by atoms with van der Waals surface area (Å²) in [6.07, 6.45) is 6.99. The SMILES string of the molecule is CC(=O)N(c1cccnc1C)C1CCN(c2cc(C(=O)N3CCCC3C(C)C)ncn2)CC1. The Morgan fingerprint density at radius 3 is 2.52 bits per heavy atom. The van der Waals surface area contributed by atoms with Gasteiger partial charge in [-0.1, -0.05) is 13.8 Å². The molecule has 4 heterocycles. The number of pyridine rings is 1. The summed E-state index contributed by atoms with van der Waals surface area (Å²) in [5, 5.41) is 0. The predicted octanol–water partition coefficient (Wildman–Crippen LogP) is 3.46. The lowest BCUT2D eigenvalue weighted by Crippen LogP contribution is -2.47. The van der Waals surface area contributed by atoms with Crippen molar-refractivity contribution in [2.45, 2.75) is 65.5 Å². The Labute approximate surface area is 196 Å². The molecular formula is C25H34N6O2. The van der Waals surface area contributed by atoms with Crippen molar-refractivity contribution in [3.05, 3.63) is 42.1 Å². The number of likely N-dealkylation sites (tertiary alicyclic amines) is 1. The summed E-state index contributed by atoms with van der Waals surface area (Å²) in [6.45, 7) is 10.2. The highest BCUT2D eigenvalue weighted by Crippen LogP contribution is 2.29. The van der Waals surface area contributed by atoms with Crippen LogP contribution in [0.5, 0.6) is 0 Å². The summed E-state index contributed by atoms with van der Waals surface area (Å²) in [7, 11) is 0. The third-order valence-corrected chi connectivity index (χ3v) is 6.93. The first kappa shape index (κ1) is 23.1. The van der Waals surface area contributed by atoms with E-state index in [9.17, 15) is 9.59 Å². The van der Waals surface area contributed by atoms with Gasteiger partial charge < -0.3 is 14.7 Å². The number of anilines is 2. The summed E-state index contributed by atoms with van der Waals surface area (Å²) < 4.78 is 0. The van der Waals surface area contributed by atoms with E-state index in [1.165, 1.54) is 6.33 Å². The number of carbonyl (C=O) groups excluding carboxylic acids is 2. The van der Waals surface area contributed by atoms with Crippen LogP contribution in [0.15, 0.2) is 30.7 Å². The van der Waals surface area contributed by atoms with Crippen molar-refractivity contribution in [3.8, 4) is 0 Å². The number of hydrogen-bond donors (Lipinski definition) is 0. The number of piperidine rings is 1. The zero-order chi connectivity index (χ0) is 23.5. The minimum Gasteiger partial charge on any atom is -0.356 e. The summed E-state index contributed by atoms with van der Waals surface area (Å²) >= 11 is 0. The van der Waals surface area contributed by atoms with Crippen molar-refractivity contribution < 1.29 is 9.59 Å². The highest BCUT2D eigenvalue weighted by molar-refractivity contribution is 5.93. The van der Waals surface area contributed by atoms with Crippen molar-refractivity contribution in [3.63, 3.8) is 0 Å². The van der Waals surface area contributed by atoms with Gasteiger partial charge in [0.15, 0.2) is 0 Å². The second-order valence-electron chi connectivity index (χ2n) is 9.43. The molecule has 176 valence electrons. The van der Waals surface area contributed by atoms with Crippen LogP contribution in [-0.4, -0.2) is 63.4 Å². The van der Waals surface area contributed by atoms with Crippen LogP contribution in [0.3, 0.4) is 0 Å². The Kier molecular flexibility index (Phi) is 6.91. The van der Waals surface area contributed by atoms with Crippen LogP contribution in [0, 0.1) is 12.8 Å². The molecular weight excluding hydrogens is 416 g/mol. The topological polar surface area (TPSA) is 82.5 Å². The van der Waals surface area contributed by atoms with E-state index in [0.29, 0.717) is 11.6 Å². The van der Waals surface area contributed by atoms with E-state index >= 15 is 0 Å². The standard InChI is InChI=1S/C25H34N6O2/c1-17(2)22-8-6-12-30(22)25(33)21-15-24(28-16-27-21)29-13-9-20(10-14-29)31(19(4)32)23-7-5-11-26-18(23)3/h5,7,11,15-17,20,22H,6,8-10,12-14H2,1-4H3. The smallest absolute Gasteiger partial charge is 0.272 e. The molecule has 2 fully saturated rings. The van der Waals surface area contributed by atoms with E-state index in [1.807, 2.05) is 34.9 Å². The van der Waals surface area contributed by atoms with E-state index in [1.54, 1.807) is 13.1 Å². The van der Waals surface area contributed by atoms with Crippen molar-refractivity contribution in [2.24, 2.45) is 5.92 Å². The van der Waals surface area contributed by atoms with Crippen LogP contribution >= 0.6 is 0 Å². The highest BCUT2D eigenvalue weighted by Gasteiger charge is 2.33. The predicted molar refractivity (Wildman–Crippen MR) is 128 cm³/mol. The Balaban J connectivity index is 1.45. The molecule has 0 aliphatic carbocycles. The Morgan fingerprint density at radius 1 is 1.09 bits per heavy atom. The molecule has 4 rings (SSSR count). The molecule has 0 saturated carbocycles. The molecule has 2 aromatic rings. The van der Waals surface area contributed by atoms with Crippen LogP contribution in [0.1, 0.15) is 62.6 Å². The van der Waals surface area contributed by atoms with Gasteiger partial charge in [-0.05, 0) is 50.7 Å². The summed E-state index contributed by atoms with van der Waals surface area (Å²) in [4.78, 5) is 44.8. The monoisotopic (exact) mass is 450 g/mol. The molecule has 33 heavy (non-hydrogen) atoms. The minimum atomic E-state index is -0.000423. The fourth-order valence-corrected chi connectivity index (χ4v) is 5.23. The van der Waals surface area contributed by atoms with Crippen LogP contribution in [0.2, 0.25) is 0 Å². The van der Waals surface area contributed by atoms with E-state index in [0.717, 1.165) is 62.5 Å². The second kappa shape index (κ2) is 9.85. The van der Waals surface area contributed by atoms with Gasteiger partial charge in [0.2, 0.25) is 5.91 Å². The van der Waals surface area contributed by atoms with Gasteiger partial charge in [0.1, 0.15) is 17.8 Å². The van der Waals surface area contributed by atoms with Gasteiger partial charge in [-0.3, -0.25) is 14.6 Å². The molecule has 2 aliphatic heterocycles. The first-order valence-electron chi connectivity index (χ1n) is 12.0. The zero-order valence-electron chi connectivity index (χ0n) is 20.1. The molecule has 8 nitrogen and oxygen atoms in total. The fourth-order valence-electron chi connectivity index (χ4n) is 5.23. The lowest BCUT2D eigenvalue weighted by Gasteiger charge is -2.39. The molecule has 2 aromatic heterocycles. The van der Waals surface area contributed by atoms with Gasteiger partial charge in [0, 0.05) is 50.9 Å². The maximum absolute atomic E-state index is 13.2. The quantitative estimate of drug-likeness (QED) is 0.694. The Morgan fingerprint density at radius 2 is 1.85 bits per heavy atom. The van der Waals surface area contributed by atoms with Gasteiger partial charge in [-0.15, -0.1) is 0 Å². The lowest BCUT2D eigenvalue weighted by molar-refractivity contribution is -0.117. The van der Waals surface area contributed by atoms with E-state index in [-0.39, 0.29) is 23.9 Å². The van der Waals surface area contributed by atoms with Crippen molar-refractivity contribution in [1.82, 2.24) is 19.9 Å². The van der Waals surface area contributed by atoms with Crippen LogP contribution < -0.4 is 9.80 Å². The molecule has 2 saturated heterocycles. The number of aromatic nitrogens is 3. The average Bonchev–Trinajstić information content (AvgIpc) is 3.31. The first-order valence-corrected chi connectivity index (χ1v) is 12.0. The van der Waals surface area contributed by atoms with Crippen LogP contribution in [0.4, 0.5) is 11.5 Å². The summed E-state index contributed by atoms with van der Waals surface area (Å²) in [5.41, 5.74) is 2.20. The fraction of sp³-hybridized carbons (Fsp3) is 0.560. The molecule has 2 aliphatic rings. The normalized spacial score (nSPS) is 19.2. The third kappa shape index (κ3) is 4.84. The van der Waals surface area contributed by atoms with Crippen molar-refractivity contribution in [1.29, 1.82) is 0 Å². The number of hydrogen-bond acceptors (Lipinski definition) is 6. The van der Waals surface area contributed by atoms with Gasteiger partial charge >= 0.3 is 0 Å². The Hall–Kier alpha value is -3.03.